The van der Waals surface area contributed by atoms with Crippen molar-refractivity contribution >= 4 is 17.8 Å². The summed E-state index contributed by atoms with van der Waals surface area (Å²) in [5.74, 6) is 0.769. The molecule has 1 rings (SSSR count). The molecule has 0 spiro atoms. The number of carboxylic acids is 1. The van der Waals surface area contributed by atoms with Crippen LogP contribution >= 0.6 is 0 Å². The average molecular weight is 845 g/mol. The summed E-state index contributed by atoms with van der Waals surface area (Å²) in [7, 11) is 0. The van der Waals surface area contributed by atoms with Gasteiger partial charge in [-0.25, -0.2) is 0 Å². The quantitative estimate of drug-likeness (QED) is 0.0487. The molecule has 6 nitrogen and oxygen atoms in total. The number of aliphatic carboxylic acids is 1. The van der Waals surface area contributed by atoms with Gasteiger partial charge >= 0.3 is 11.9 Å². The van der Waals surface area contributed by atoms with Gasteiger partial charge in [-0.1, -0.05) is 251 Å². The van der Waals surface area contributed by atoms with Gasteiger partial charge in [0.15, 0.2) is 0 Å². The van der Waals surface area contributed by atoms with Gasteiger partial charge in [0, 0.05) is 32.4 Å². The van der Waals surface area contributed by atoms with Gasteiger partial charge in [-0.2, -0.15) is 0 Å². The third-order valence-electron chi connectivity index (χ3n) is 13.1. The minimum Gasteiger partial charge on any atom is -0.481 e. The van der Waals surface area contributed by atoms with E-state index in [2.05, 4.69) is 11.8 Å². The molecule has 0 amide bonds. The highest BCUT2D eigenvalue weighted by Crippen LogP contribution is 2.18. The molecule has 0 aromatic rings. The predicted molar refractivity (Wildman–Crippen MR) is 261 cm³/mol. The van der Waals surface area contributed by atoms with Crippen LogP contribution in [0.1, 0.15) is 302 Å². The molecular weight excluding hydrogens is 741 g/mol. The Morgan fingerprint density at radius 1 is 0.450 bits per heavy atom. The van der Waals surface area contributed by atoms with Crippen molar-refractivity contribution in [2.24, 2.45) is 4.99 Å². The Balaban J connectivity index is 1.74. The van der Waals surface area contributed by atoms with Crippen molar-refractivity contribution in [2.75, 3.05) is 26.2 Å². The first kappa shape index (κ1) is 56.4. The van der Waals surface area contributed by atoms with E-state index in [1.807, 2.05) is 0 Å². The van der Waals surface area contributed by atoms with Crippen LogP contribution in [0, 0.1) is 0 Å². The molecule has 0 saturated heterocycles. The second kappa shape index (κ2) is 46.9. The third-order valence-corrected chi connectivity index (χ3v) is 13.1. The summed E-state index contributed by atoms with van der Waals surface area (Å²) in [5.41, 5.74) is 0. The highest BCUT2D eigenvalue weighted by atomic mass is 16.5. The van der Waals surface area contributed by atoms with Crippen LogP contribution in [-0.4, -0.2) is 54.0 Å². The molecule has 0 radical (unpaired) electrons. The van der Waals surface area contributed by atoms with E-state index in [1.54, 1.807) is 0 Å². The van der Waals surface area contributed by atoms with Gasteiger partial charge in [-0.05, 0) is 32.1 Å². The number of unbranched alkanes of at least 4 members (excludes halogenated alkanes) is 40. The van der Waals surface area contributed by atoms with E-state index in [0.717, 1.165) is 38.8 Å². The van der Waals surface area contributed by atoms with Gasteiger partial charge in [-0.3, -0.25) is 14.6 Å². The molecule has 1 N–H and O–H groups in total. The van der Waals surface area contributed by atoms with Gasteiger partial charge in [0.05, 0.1) is 19.0 Å². The molecule has 1 aliphatic rings. The topological polar surface area (TPSA) is 79.2 Å². The normalized spacial score (nSPS) is 12.8. The number of esters is 1. The Kier molecular flexibility index (Phi) is 44.1. The van der Waals surface area contributed by atoms with Crippen LogP contribution in [0.3, 0.4) is 0 Å². The number of hydrogen-bond acceptors (Lipinski definition) is 5. The first-order valence-electron chi connectivity index (χ1n) is 27.3. The maximum Gasteiger partial charge on any atom is 0.305 e. The van der Waals surface area contributed by atoms with E-state index in [9.17, 15) is 9.59 Å². The summed E-state index contributed by atoms with van der Waals surface area (Å²) < 4.78 is 5.49. The molecular formula is C54H104N2O4. The largest absolute Gasteiger partial charge is 0.481 e. The maximum atomic E-state index is 12.1. The Bertz CT molecular complexity index is 939. The fourth-order valence-corrected chi connectivity index (χ4v) is 9.11. The number of carboxylic acid groups (broad SMARTS) is 1. The minimum atomic E-state index is -0.656. The minimum absolute atomic E-state index is 0.0225. The summed E-state index contributed by atoms with van der Waals surface area (Å²) in [6.07, 6.45) is 59.2. The van der Waals surface area contributed by atoms with Gasteiger partial charge in [-0.15, -0.1) is 0 Å². The fourth-order valence-electron chi connectivity index (χ4n) is 9.11. The standard InChI is InChI=1S/C54H104N2O4/c1-2-3-4-5-6-7-8-9-19-24-29-34-39-44-51-60-54(59)47-42-37-32-27-22-17-11-10-14-18-23-28-33-38-43-49-56-50-48-55-52(56)45-40-35-30-25-20-15-12-13-16-21-26-31-36-41-46-53(57)58/h2-51H2,1H3,(H,57,58). The number of aliphatic imine (C=N–C) groups is 1. The number of ether oxygens (including phenoxy) is 1. The molecule has 0 saturated carbocycles. The Morgan fingerprint density at radius 3 is 1.18 bits per heavy atom. The Hall–Kier alpha value is -1.59. The second-order valence-electron chi connectivity index (χ2n) is 19.0. The molecule has 0 aromatic heterocycles. The molecule has 0 aliphatic carbocycles. The molecule has 1 heterocycles. The van der Waals surface area contributed by atoms with Crippen molar-refractivity contribution < 1.29 is 19.4 Å². The van der Waals surface area contributed by atoms with E-state index in [-0.39, 0.29) is 5.97 Å². The number of hydrogen-bond donors (Lipinski definition) is 1. The number of carbonyl (C=O) groups is 2. The lowest BCUT2D eigenvalue weighted by Gasteiger charge is -2.20. The number of nitrogens with zero attached hydrogens (tertiary/aromatic N) is 2. The zero-order valence-electron chi connectivity index (χ0n) is 40.4. The first-order chi connectivity index (χ1) is 29.6. The van der Waals surface area contributed by atoms with E-state index in [0.29, 0.717) is 19.4 Å². The zero-order chi connectivity index (χ0) is 43.1. The molecule has 1 aliphatic heterocycles. The summed E-state index contributed by atoms with van der Waals surface area (Å²) in [4.78, 5) is 30.1. The van der Waals surface area contributed by atoms with Crippen LogP contribution in [0.2, 0.25) is 0 Å². The highest BCUT2D eigenvalue weighted by molar-refractivity contribution is 5.83. The van der Waals surface area contributed by atoms with E-state index >= 15 is 0 Å². The molecule has 0 bridgehead atoms. The van der Waals surface area contributed by atoms with Crippen LogP contribution in [0.25, 0.3) is 0 Å². The molecule has 354 valence electrons. The average Bonchev–Trinajstić information content (AvgIpc) is 3.69. The number of rotatable bonds is 50. The van der Waals surface area contributed by atoms with Gasteiger partial charge in [0.1, 0.15) is 0 Å². The highest BCUT2D eigenvalue weighted by Gasteiger charge is 2.15. The van der Waals surface area contributed by atoms with Crippen molar-refractivity contribution in [1.29, 1.82) is 0 Å². The first-order valence-corrected chi connectivity index (χ1v) is 27.3. The van der Waals surface area contributed by atoms with Crippen molar-refractivity contribution in [3.63, 3.8) is 0 Å². The SMILES string of the molecule is CCCCCCCCCCCCCCCCOC(=O)CCCCCCCCCCCCCCCCCN1CCN=C1CCCCCCCCCCCCCCCCC(=O)O. The van der Waals surface area contributed by atoms with Crippen molar-refractivity contribution in [3.05, 3.63) is 0 Å². The van der Waals surface area contributed by atoms with Crippen LogP contribution in [0.4, 0.5) is 0 Å². The smallest absolute Gasteiger partial charge is 0.305 e. The van der Waals surface area contributed by atoms with Crippen molar-refractivity contribution in [3.8, 4) is 0 Å². The van der Waals surface area contributed by atoms with Crippen LogP contribution in [0.15, 0.2) is 4.99 Å². The third kappa shape index (κ3) is 41.7. The molecule has 0 aromatic carbocycles. The predicted octanol–water partition coefficient (Wildman–Crippen LogP) is 17.3. The van der Waals surface area contributed by atoms with E-state index < -0.39 is 5.97 Å². The zero-order valence-corrected chi connectivity index (χ0v) is 40.4. The van der Waals surface area contributed by atoms with E-state index in [1.165, 1.54) is 269 Å². The van der Waals surface area contributed by atoms with Gasteiger partial charge < -0.3 is 14.7 Å². The fraction of sp³-hybridized carbons (Fsp3) is 0.944. The number of amidine groups is 1. The molecule has 6 heteroatoms. The summed E-state index contributed by atoms with van der Waals surface area (Å²) >= 11 is 0. The van der Waals surface area contributed by atoms with Crippen LogP contribution < -0.4 is 0 Å². The lowest BCUT2D eigenvalue weighted by molar-refractivity contribution is -0.144. The van der Waals surface area contributed by atoms with Crippen LogP contribution in [0.5, 0.6) is 0 Å². The van der Waals surface area contributed by atoms with Gasteiger partial charge in [0.25, 0.3) is 0 Å². The van der Waals surface area contributed by atoms with Crippen molar-refractivity contribution in [1.82, 2.24) is 4.90 Å². The Morgan fingerprint density at radius 2 is 0.783 bits per heavy atom. The molecule has 0 atom stereocenters. The number of carbonyl (C=O) groups excluding carboxylic acids is 1. The molecule has 60 heavy (non-hydrogen) atoms. The summed E-state index contributed by atoms with van der Waals surface area (Å²) in [6, 6.07) is 0. The van der Waals surface area contributed by atoms with Crippen LogP contribution in [-0.2, 0) is 14.3 Å². The summed E-state index contributed by atoms with van der Waals surface area (Å²) in [6.45, 7) is 6.29. The Labute approximate surface area is 374 Å². The van der Waals surface area contributed by atoms with Gasteiger partial charge in [0.2, 0.25) is 0 Å². The van der Waals surface area contributed by atoms with E-state index in [4.69, 9.17) is 14.8 Å². The monoisotopic (exact) mass is 845 g/mol. The second-order valence-corrected chi connectivity index (χ2v) is 19.0. The lowest BCUT2D eigenvalue weighted by Crippen LogP contribution is -2.28. The molecule has 0 fully saturated rings. The van der Waals surface area contributed by atoms with Crippen molar-refractivity contribution in [2.45, 2.75) is 302 Å². The lowest BCUT2D eigenvalue weighted by atomic mass is 10.0. The molecule has 0 unspecified atom stereocenters. The maximum absolute atomic E-state index is 12.1. The summed E-state index contributed by atoms with van der Waals surface area (Å²) in [5, 5.41) is 8.69.